The van der Waals surface area contributed by atoms with Gasteiger partial charge >= 0.3 is 5.69 Å². The average Bonchev–Trinajstić information content (AvgIpc) is 2.54. The molecule has 24 heavy (non-hydrogen) atoms. The van der Waals surface area contributed by atoms with Crippen molar-refractivity contribution >= 4 is 16.8 Å². The molecule has 0 saturated heterocycles. The number of rotatable bonds is 6. The van der Waals surface area contributed by atoms with E-state index in [0.29, 0.717) is 30.3 Å². The van der Waals surface area contributed by atoms with Crippen LogP contribution in [0, 0.1) is 0 Å². The number of amides is 1. The Morgan fingerprint density at radius 2 is 1.83 bits per heavy atom. The number of para-hydroxylation sites is 1. The van der Waals surface area contributed by atoms with E-state index < -0.39 is 11.7 Å². The van der Waals surface area contributed by atoms with E-state index in [1.807, 2.05) is 27.7 Å². The Balaban J connectivity index is 2.78. The molecule has 0 aliphatic heterocycles. The van der Waals surface area contributed by atoms with Crippen molar-refractivity contribution in [2.45, 2.75) is 59.2 Å². The molecule has 1 amide bonds. The lowest BCUT2D eigenvalue weighted by Crippen LogP contribution is -2.46. The molecule has 6 heteroatoms. The van der Waals surface area contributed by atoms with Gasteiger partial charge in [0, 0.05) is 12.6 Å². The Bertz CT molecular complexity index is 849. The summed E-state index contributed by atoms with van der Waals surface area (Å²) in [6, 6.07) is 6.30. The molecule has 0 bridgehead atoms. The van der Waals surface area contributed by atoms with Crippen LogP contribution in [-0.2, 0) is 11.3 Å². The molecule has 1 atom stereocenters. The summed E-state index contributed by atoms with van der Waals surface area (Å²) in [6.45, 7) is 7.87. The van der Waals surface area contributed by atoms with E-state index in [4.69, 9.17) is 0 Å². The summed E-state index contributed by atoms with van der Waals surface area (Å²) in [4.78, 5) is 38.1. The van der Waals surface area contributed by atoms with Crippen molar-refractivity contribution in [2.24, 2.45) is 0 Å². The lowest BCUT2D eigenvalue weighted by molar-refractivity contribution is -0.124. The average molecular weight is 331 g/mol. The lowest BCUT2D eigenvalue weighted by Gasteiger charge is -2.22. The van der Waals surface area contributed by atoms with Crippen LogP contribution < -0.4 is 16.6 Å². The SMILES string of the molecule is CCCn1c(=O)c2ccccc2n([C@H](CC)C(=O)NC(C)C)c1=O. The number of hydrogen-bond donors (Lipinski definition) is 1. The van der Waals surface area contributed by atoms with Crippen LogP contribution >= 0.6 is 0 Å². The lowest BCUT2D eigenvalue weighted by atomic mass is 10.1. The van der Waals surface area contributed by atoms with Crippen molar-refractivity contribution in [1.29, 1.82) is 0 Å². The van der Waals surface area contributed by atoms with Gasteiger partial charge in [0.05, 0.1) is 10.9 Å². The molecule has 0 unspecified atom stereocenters. The molecule has 130 valence electrons. The van der Waals surface area contributed by atoms with Crippen molar-refractivity contribution in [3.63, 3.8) is 0 Å². The highest BCUT2D eigenvalue weighted by Gasteiger charge is 2.24. The van der Waals surface area contributed by atoms with Crippen LogP contribution in [-0.4, -0.2) is 21.1 Å². The Morgan fingerprint density at radius 3 is 2.42 bits per heavy atom. The Labute approximate surface area is 141 Å². The zero-order valence-electron chi connectivity index (χ0n) is 14.7. The van der Waals surface area contributed by atoms with Gasteiger partial charge in [0.15, 0.2) is 0 Å². The molecule has 1 heterocycles. The van der Waals surface area contributed by atoms with Crippen LogP contribution in [0.1, 0.15) is 46.6 Å². The number of nitrogens with zero attached hydrogens (tertiary/aromatic N) is 2. The van der Waals surface area contributed by atoms with Gasteiger partial charge in [-0.3, -0.25) is 18.7 Å². The van der Waals surface area contributed by atoms with Gasteiger partial charge in [-0.05, 0) is 38.8 Å². The smallest absolute Gasteiger partial charge is 0.332 e. The first-order valence-corrected chi connectivity index (χ1v) is 8.46. The predicted octanol–water partition coefficient (Wildman–Crippen LogP) is 2.05. The second kappa shape index (κ2) is 7.47. The van der Waals surface area contributed by atoms with Gasteiger partial charge in [0.2, 0.25) is 5.91 Å². The molecule has 0 saturated carbocycles. The van der Waals surface area contributed by atoms with Crippen LogP contribution in [0.25, 0.3) is 10.9 Å². The van der Waals surface area contributed by atoms with Gasteiger partial charge in [0.25, 0.3) is 5.56 Å². The van der Waals surface area contributed by atoms with Crippen molar-refractivity contribution < 1.29 is 4.79 Å². The second-order valence-electron chi connectivity index (χ2n) is 6.21. The first-order chi connectivity index (χ1) is 11.4. The molecular weight excluding hydrogens is 306 g/mol. The highest BCUT2D eigenvalue weighted by molar-refractivity contribution is 5.84. The van der Waals surface area contributed by atoms with E-state index in [9.17, 15) is 14.4 Å². The molecular formula is C18H25N3O3. The van der Waals surface area contributed by atoms with Crippen LogP contribution in [0.5, 0.6) is 0 Å². The largest absolute Gasteiger partial charge is 0.352 e. The molecule has 0 spiro atoms. The number of aromatic nitrogens is 2. The fourth-order valence-electron chi connectivity index (χ4n) is 2.92. The van der Waals surface area contributed by atoms with E-state index in [1.54, 1.807) is 24.3 Å². The third kappa shape index (κ3) is 3.27. The predicted molar refractivity (Wildman–Crippen MR) is 95.4 cm³/mol. The van der Waals surface area contributed by atoms with Crippen molar-refractivity contribution in [3.05, 3.63) is 45.1 Å². The first kappa shape index (κ1) is 18.0. The normalized spacial score (nSPS) is 12.5. The van der Waals surface area contributed by atoms with E-state index in [2.05, 4.69) is 5.32 Å². The fourth-order valence-corrected chi connectivity index (χ4v) is 2.92. The summed E-state index contributed by atoms with van der Waals surface area (Å²) in [6.07, 6.45) is 1.13. The molecule has 0 fully saturated rings. The summed E-state index contributed by atoms with van der Waals surface area (Å²) >= 11 is 0. The van der Waals surface area contributed by atoms with E-state index in [1.165, 1.54) is 9.13 Å². The molecule has 1 N–H and O–H groups in total. The topological polar surface area (TPSA) is 73.1 Å². The molecule has 0 radical (unpaired) electrons. The molecule has 1 aromatic carbocycles. The first-order valence-electron chi connectivity index (χ1n) is 8.46. The fraction of sp³-hybridized carbons (Fsp3) is 0.500. The highest BCUT2D eigenvalue weighted by Crippen LogP contribution is 2.16. The summed E-state index contributed by atoms with van der Waals surface area (Å²) in [5, 5.41) is 3.32. The van der Waals surface area contributed by atoms with Gasteiger partial charge in [0.1, 0.15) is 6.04 Å². The van der Waals surface area contributed by atoms with Gasteiger partial charge in [-0.1, -0.05) is 26.0 Å². The van der Waals surface area contributed by atoms with Crippen LogP contribution in [0.4, 0.5) is 0 Å². The molecule has 2 aromatic rings. The van der Waals surface area contributed by atoms with E-state index in [0.717, 1.165) is 0 Å². The van der Waals surface area contributed by atoms with Gasteiger partial charge < -0.3 is 5.32 Å². The van der Waals surface area contributed by atoms with Crippen LogP contribution in [0.15, 0.2) is 33.9 Å². The van der Waals surface area contributed by atoms with Gasteiger partial charge in [-0.25, -0.2) is 4.79 Å². The maximum atomic E-state index is 12.9. The number of benzene rings is 1. The highest BCUT2D eigenvalue weighted by atomic mass is 16.2. The van der Waals surface area contributed by atoms with Gasteiger partial charge in [-0.2, -0.15) is 0 Å². The molecule has 6 nitrogen and oxygen atoms in total. The maximum absolute atomic E-state index is 12.9. The van der Waals surface area contributed by atoms with E-state index >= 15 is 0 Å². The summed E-state index contributed by atoms with van der Waals surface area (Å²) in [7, 11) is 0. The number of fused-ring (bicyclic) bond motifs is 1. The molecule has 1 aromatic heterocycles. The minimum Gasteiger partial charge on any atom is -0.352 e. The number of hydrogen-bond acceptors (Lipinski definition) is 3. The second-order valence-corrected chi connectivity index (χ2v) is 6.21. The third-order valence-electron chi connectivity index (χ3n) is 3.96. The number of carbonyl (C=O) groups is 1. The third-order valence-corrected chi connectivity index (χ3v) is 3.96. The minimum atomic E-state index is -0.645. The standard InChI is InChI=1S/C18H25N3O3/c1-5-11-20-17(23)13-9-7-8-10-15(13)21(18(20)24)14(6-2)16(22)19-12(3)4/h7-10,12,14H,5-6,11H2,1-4H3,(H,19,22)/t14-/m1/s1. The zero-order chi connectivity index (χ0) is 17.9. The molecule has 0 aliphatic carbocycles. The monoisotopic (exact) mass is 331 g/mol. The Hall–Kier alpha value is -2.37. The van der Waals surface area contributed by atoms with E-state index in [-0.39, 0.29) is 17.5 Å². The van der Waals surface area contributed by atoms with Crippen LogP contribution in [0.3, 0.4) is 0 Å². The maximum Gasteiger partial charge on any atom is 0.332 e. The Morgan fingerprint density at radius 1 is 1.17 bits per heavy atom. The van der Waals surface area contributed by atoms with Crippen LogP contribution in [0.2, 0.25) is 0 Å². The Kier molecular flexibility index (Phi) is 5.59. The van der Waals surface area contributed by atoms with Crippen molar-refractivity contribution in [3.8, 4) is 0 Å². The summed E-state index contributed by atoms with van der Waals surface area (Å²) in [5.74, 6) is -0.207. The summed E-state index contributed by atoms with van der Waals surface area (Å²) < 4.78 is 2.69. The van der Waals surface area contributed by atoms with Gasteiger partial charge in [-0.15, -0.1) is 0 Å². The summed E-state index contributed by atoms with van der Waals surface area (Å²) in [5.41, 5.74) is -0.218. The minimum absolute atomic E-state index is 0.0185. The number of nitrogens with one attached hydrogen (secondary N) is 1. The molecule has 0 aliphatic rings. The zero-order valence-corrected chi connectivity index (χ0v) is 14.7. The van der Waals surface area contributed by atoms with Crippen molar-refractivity contribution in [2.75, 3.05) is 0 Å². The molecule has 2 rings (SSSR count). The quantitative estimate of drug-likeness (QED) is 0.880. The van der Waals surface area contributed by atoms with Crippen molar-refractivity contribution in [1.82, 2.24) is 14.5 Å². The number of carbonyl (C=O) groups excluding carboxylic acids is 1.